The van der Waals surface area contributed by atoms with Crippen LogP contribution in [0, 0.1) is 20.8 Å². The zero-order chi connectivity index (χ0) is 11.5. The lowest BCUT2D eigenvalue weighted by Gasteiger charge is -2.08. The third-order valence-electron chi connectivity index (χ3n) is 2.85. The third kappa shape index (κ3) is 2.43. The van der Waals surface area contributed by atoms with E-state index in [2.05, 4.69) is 68.6 Å². The second-order valence-electron chi connectivity index (χ2n) is 4.29. The van der Waals surface area contributed by atoms with E-state index >= 15 is 0 Å². The van der Waals surface area contributed by atoms with E-state index in [0.717, 1.165) is 11.4 Å². The molecule has 0 spiro atoms. The Morgan fingerprint density at radius 1 is 0.688 bits per heavy atom. The summed E-state index contributed by atoms with van der Waals surface area (Å²) in [5.41, 5.74) is 6.21. The van der Waals surface area contributed by atoms with Gasteiger partial charge in [-0.25, -0.2) is 0 Å². The van der Waals surface area contributed by atoms with E-state index in [-0.39, 0.29) is 0 Å². The van der Waals surface area contributed by atoms with Crippen LogP contribution in [0.5, 0.6) is 0 Å². The van der Waals surface area contributed by atoms with Gasteiger partial charge in [-0.15, -0.1) is 0 Å². The van der Waals surface area contributed by atoms with Gasteiger partial charge in [0, 0.05) is 11.4 Å². The topological polar surface area (TPSA) is 12.0 Å². The Bertz CT molecular complexity index is 483. The average molecular weight is 211 g/mol. The largest absolute Gasteiger partial charge is 0.356 e. The molecule has 0 saturated heterocycles. The summed E-state index contributed by atoms with van der Waals surface area (Å²) in [6.07, 6.45) is 0. The van der Waals surface area contributed by atoms with Crippen LogP contribution in [0.1, 0.15) is 16.7 Å². The summed E-state index contributed by atoms with van der Waals surface area (Å²) in [7, 11) is 0. The van der Waals surface area contributed by atoms with Gasteiger partial charge in [0.2, 0.25) is 0 Å². The van der Waals surface area contributed by atoms with Gasteiger partial charge < -0.3 is 5.32 Å². The van der Waals surface area contributed by atoms with Crippen molar-refractivity contribution in [2.24, 2.45) is 0 Å². The molecule has 2 aromatic rings. The van der Waals surface area contributed by atoms with E-state index in [1.807, 2.05) is 0 Å². The lowest BCUT2D eigenvalue weighted by atomic mass is 10.1. The summed E-state index contributed by atoms with van der Waals surface area (Å²) in [6.45, 7) is 6.36. The molecule has 0 aliphatic carbocycles. The summed E-state index contributed by atoms with van der Waals surface area (Å²) < 4.78 is 0. The van der Waals surface area contributed by atoms with Crippen molar-refractivity contribution < 1.29 is 0 Å². The Labute approximate surface area is 97.1 Å². The van der Waals surface area contributed by atoms with Crippen LogP contribution in [0.3, 0.4) is 0 Å². The van der Waals surface area contributed by atoms with Gasteiger partial charge in [-0.3, -0.25) is 0 Å². The molecule has 1 N–H and O–H groups in total. The van der Waals surface area contributed by atoms with Gasteiger partial charge in [0.1, 0.15) is 0 Å². The van der Waals surface area contributed by atoms with Crippen LogP contribution in [-0.4, -0.2) is 0 Å². The zero-order valence-electron chi connectivity index (χ0n) is 10.0. The van der Waals surface area contributed by atoms with E-state index in [1.165, 1.54) is 16.7 Å². The molecule has 0 aliphatic rings. The standard InChI is InChI=1S/C15H17N/c1-11-4-7-14(8-5-11)16-15-9-6-12(2)13(3)10-15/h4-10,16H,1-3H3. The number of anilines is 2. The molecule has 0 fully saturated rings. The molecule has 16 heavy (non-hydrogen) atoms. The van der Waals surface area contributed by atoms with Crippen molar-refractivity contribution in [2.45, 2.75) is 20.8 Å². The number of hydrogen-bond donors (Lipinski definition) is 1. The second kappa shape index (κ2) is 4.40. The maximum absolute atomic E-state index is 3.40. The van der Waals surface area contributed by atoms with Crippen molar-refractivity contribution in [2.75, 3.05) is 5.32 Å². The summed E-state index contributed by atoms with van der Waals surface area (Å²) in [5, 5.41) is 3.40. The molecule has 0 aromatic heterocycles. The first-order valence-electron chi connectivity index (χ1n) is 5.56. The van der Waals surface area contributed by atoms with E-state index in [9.17, 15) is 0 Å². The molecule has 1 heteroatoms. The number of benzene rings is 2. The van der Waals surface area contributed by atoms with Gasteiger partial charge in [-0.05, 0) is 56.2 Å². The van der Waals surface area contributed by atoms with Crippen molar-refractivity contribution >= 4 is 11.4 Å². The Kier molecular flexibility index (Phi) is 2.95. The number of rotatable bonds is 2. The maximum atomic E-state index is 3.40. The van der Waals surface area contributed by atoms with Gasteiger partial charge in [-0.1, -0.05) is 23.8 Å². The van der Waals surface area contributed by atoms with Crippen LogP contribution < -0.4 is 5.32 Å². The summed E-state index contributed by atoms with van der Waals surface area (Å²) in [5.74, 6) is 0. The molecule has 0 atom stereocenters. The molecule has 1 nitrogen and oxygen atoms in total. The second-order valence-corrected chi connectivity index (χ2v) is 4.29. The molecule has 2 aromatic carbocycles. The molecule has 0 amide bonds. The monoisotopic (exact) mass is 211 g/mol. The highest BCUT2D eigenvalue weighted by Crippen LogP contribution is 2.19. The Balaban J connectivity index is 2.20. The van der Waals surface area contributed by atoms with E-state index in [0.29, 0.717) is 0 Å². The number of aryl methyl sites for hydroxylation is 3. The van der Waals surface area contributed by atoms with Crippen LogP contribution in [0.2, 0.25) is 0 Å². The van der Waals surface area contributed by atoms with E-state index < -0.39 is 0 Å². The van der Waals surface area contributed by atoms with Crippen molar-refractivity contribution in [3.8, 4) is 0 Å². The molecule has 0 radical (unpaired) electrons. The maximum Gasteiger partial charge on any atom is 0.0387 e. The molecule has 0 saturated carbocycles. The summed E-state index contributed by atoms with van der Waals surface area (Å²) in [6, 6.07) is 14.9. The highest BCUT2D eigenvalue weighted by Gasteiger charge is 1.97. The van der Waals surface area contributed by atoms with E-state index in [4.69, 9.17) is 0 Å². The summed E-state index contributed by atoms with van der Waals surface area (Å²) in [4.78, 5) is 0. The Morgan fingerprint density at radius 2 is 1.31 bits per heavy atom. The van der Waals surface area contributed by atoms with Gasteiger partial charge >= 0.3 is 0 Å². The third-order valence-corrected chi connectivity index (χ3v) is 2.85. The Morgan fingerprint density at radius 3 is 1.94 bits per heavy atom. The lowest BCUT2D eigenvalue weighted by Crippen LogP contribution is -1.91. The number of hydrogen-bond acceptors (Lipinski definition) is 1. The Hall–Kier alpha value is -1.76. The van der Waals surface area contributed by atoms with Gasteiger partial charge in [0.15, 0.2) is 0 Å². The lowest BCUT2D eigenvalue weighted by molar-refractivity contribution is 1.33. The fraction of sp³-hybridized carbons (Fsp3) is 0.200. The quantitative estimate of drug-likeness (QED) is 0.778. The first-order valence-corrected chi connectivity index (χ1v) is 5.56. The van der Waals surface area contributed by atoms with Crippen LogP contribution >= 0.6 is 0 Å². The highest BCUT2D eigenvalue weighted by atomic mass is 14.9. The average Bonchev–Trinajstić information content (AvgIpc) is 2.27. The summed E-state index contributed by atoms with van der Waals surface area (Å²) >= 11 is 0. The highest BCUT2D eigenvalue weighted by molar-refractivity contribution is 5.61. The van der Waals surface area contributed by atoms with Crippen molar-refractivity contribution in [1.82, 2.24) is 0 Å². The van der Waals surface area contributed by atoms with Crippen LogP contribution in [0.15, 0.2) is 42.5 Å². The zero-order valence-corrected chi connectivity index (χ0v) is 10.0. The fourth-order valence-electron chi connectivity index (χ4n) is 1.62. The van der Waals surface area contributed by atoms with Crippen molar-refractivity contribution in [3.05, 3.63) is 59.2 Å². The number of nitrogens with one attached hydrogen (secondary N) is 1. The molecule has 0 aliphatic heterocycles. The predicted molar refractivity (Wildman–Crippen MR) is 70.4 cm³/mol. The predicted octanol–water partition coefficient (Wildman–Crippen LogP) is 4.36. The van der Waals surface area contributed by atoms with Crippen molar-refractivity contribution in [3.63, 3.8) is 0 Å². The fourth-order valence-corrected chi connectivity index (χ4v) is 1.62. The molecule has 0 bridgehead atoms. The molecular weight excluding hydrogens is 194 g/mol. The van der Waals surface area contributed by atoms with E-state index in [1.54, 1.807) is 0 Å². The normalized spacial score (nSPS) is 10.2. The van der Waals surface area contributed by atoms with Crippen LogP contribution in [0.25, 0.3) is 0 Å². The molecular formula is C15H17N. The molecule has 0 unspecified atom stereocenters. The minimum atomic E-state index is 1.13. The van der Waals surface area contributed by atoms with Crippen LogP contribution in [0.4, 0.5) is 11.4 Å². The SMILES string of the molecule is Cc1ccc(Nc2ccc(C)c(C)c2)cc1. The first kappa shape index (κ1) is 10.7. The molecule has 0 heterocycles. The minimum Gasteiger partial charge on any atom is -0.356 e. The van der Waals surface area contributed by atoms with Gasteiger partial charge in [0.25, 0.3) is 0 Å². The minimum absolute atomic E-state index is 1.13. The van der Waals surface area contributed by atoms with Gasteiger partial charge in [0.05, 0.1) is 0 Å². The van der Waals surface area contributed by atoms with Gasteiger partial charge in [-0.2, -0.15) is 0 Å². The van der Waals surface area contributed by atoms with Crippen molar-refractivity contribution in [1.29, 1.82) is 0 Å². The smallest absolute Gasteiger partial charge is 0.0387 e. The molecule has 2 rings (SSSR count). The first-order chi connectivity index (χ1) is 7.65. The van der Waals surface area contributed by atoms with Crippen LogP contribution in [-0.2, 0) is 0 Å². The molecule has 82 valence electrons.